The molecule has 132 valence electrons. The van der Waals surface area contributed by atoms with Gasteiger partial charge < -0.3 is 10.3 Å². The molecule has 0 spiro atoms. The van der Waals surface area contributed by atoms with Crippen molar-refractivity contribution in [2.45, 2.75) is 17.3 Å². The third-order valence-corrected chi connectivity index (χ3v) is 4.76. The number of nitrogens with one attached hydrogen (secondary N) is 2. The second kappa shape index (κ2) is 8.21. The van der Waals surface area contributed by atoms with Crippen LogP contribution in [0.15, 0.2) is 70.6 Å². The quantitative estimate of drug-likeness (QED) is 0.509. The molecule has 1 aromatic heterocycles. The van der Waals surface area contributed by atoms with Crippen molar-refractivity contribution in [3.8, 4) is 11.3 Å². The predicted molar refractivity (Wildman–Crippen MR) is 106 cm³/mol. The standard InChI is InChI=1S/C19H16ClN3O2S/c1-12(18(25)21-15-9-5-8-14(20)10-15)26-19-22-16(11-17(24)23-19)13-6-3-2-4-7-13/h2-12H,1H3,(H,21,25)(H,22,23,24)/t12-/m1/s1. The van der Waals surface area contributed by atoms with E-state index in [1.807, 2.05) is 30.3 Å². The minimum absolute atomic E-state index is 0.204. The molecule has 0 aliphatic rings. The van der Waals surface area contributed by atoms with Gasteiger partial charge in [-0.05, 0) is 25.1 Å². The molecule has 7 heteroatoms. The van der Waals surface area contributed by atoms with Crippen molar-refractivity contribution in [2.75, 3.05) is 5.32 Å². The number of aromatic amines is 1. The molecule has 0 aliphatic heterocycles. The second-order valence-corrected chi connectivity index (χ2v) is 7.33. The maximum atomic E-state index is 12.4. The summed E-state index contributed by atoms with van der Waals surface area (Å²) in [6.07, 6.45) is 0. The Balaban J connectivity index is 1.74. The van der Waals surface area contributed by atoms with Crippen LogP contribution < -0.4 is 10.9 Å². The largest absolute Gasteiger partial charge is 0.325 e. The Hall–Kier alpha value is -2.57. The van der Waals surface area contributed by atoms with Gasteiger partial charge >= 0.3 is 0 Å². The molecule has 3 aromatic rings. The van der Waals surface area contributed by atoms with Crippen LogP contribution >= 0.6 is 23.4 Å². The van der Waals surface area contributed by atoms with E-state index in [-0.39, 0.29) is 11.5 Å². The first-order chi connectivity index (χ1) is 12.5. The number of hydrogen-bond donors (Lipinski definition) is 2. The fraction of sp³-hybridized carbons (Fsp3) is 0.105. The van der Waals surface area contributed by atoms with Gasteiger partial charge in [-0.2, -0.15) is 0 Å². The molecule has 0 aliphatic carbocycles. The molecule has 2 N–H and O–H groups in total. The topological polar surface area (TPSA) is 74.8 Å². The maximum absolute atomic E-state index is 12.4. The highest BCUT2D eigenvalue weighted by Gasteiger charge is 2.17. The van der Waals surface area contributed by atoms with Crippen LogP contribution in [-0.2, 0) is 4.79 Å². The number of hydrogen-bond acceptors (Lipinski definition) is 4. The zero-order chi connectivity index (χ0) is 18.5. The van der Waals surface area contributed by atoms with Gasteiger partial charge in [0.25, 0.3) is 5.56 Å². The Kier molecular flexibility index (Phi) is 5.75. The number of aromatic nitrogens is 2. The molecule has 0 bridgehead atoms. The summed E-state index contributed by atoms with van der Waals surface area (Å²) in [5.74, 6) is -0.204. The third-order valence-electron chi connectivity index (χ3n) is 3.54. The van der Waals surface area contributed by atoms with Gasteiger partial charge in [0.2, 0.25) is 5.91 Å². The summed E-state index contributed by atoms with van der Waals surface area (Å²) < 4.78 is 0. The van der Waals surface area contributed by atoms with Crippen LogP contribution in [-0.4, -0.2) is 21.1 Å². The van der Waals surface area contributed by atoms with E-state index < -0.39 is 5.25 Å². The lowest BCUT2D eigenvalue weighted by Crippen LogP contribution is -2.23. The lowest BCUT2D eigenvalue weighted by atomic mass is 10.1. The molecule has 5 nitrogen and oxygen atoms in total. The molecule has 26 heavy (non-hydrogen) atoms. The lowest BCUT2D eigenvalue weighted by Gasteiger charge is -2.12. The van der Waals surface area contributed by atoms with Gasteiger partial charge in [-0.3, -0.25) is 9.59 Å². The number of rotatable bonds is 5. The number of amides is 1. The van der Waals surface area contributed by atoms with E-state index in [1.54, 1.807) is 31.2 Å². The fourth-order valence-corrected chi connectivity index (χ4v) is 3.28. The lowest BCUT2D eigenvalue weighted by molar-refractivity contribution is -0.115. The summed E-state index contributed by atoms with van der Waals surface area (Å²) >= 11 is 7.11. The SMILES string of the molecule is C[C@@H](Sc1nc(-c2ccccc2)cc(=O)[nH]1)C(=O)Nc1cccc(Cl)c1. The smallest absolute Gasteiger partial charge is 0.252 e. The monoisotopic (exact) mass is 385 g/mol. The second-order valence-electron chi connectivity index (χ2n) is 5.56. The number of thioether (sulfide) groups is 1. The summed E-state index contributed by atoms with van der Waals surface area (Å²) in [6.45, 7) is 1.75. The number of halogens is 1. The van der Waals surface area contributed by atoms with Crippen molar-refractivity contribution in [3.05, 3.63) is 76.0 Å². The number of benzene rings is 2. The van der Waals surface area contributed by atoms with Crippen LogP contribution in [0.5, 0.6) is 0 Å². The summed E-state index contributed by atoms with van der Waals surface area (Å²) in [4.78, 5) is 31.4. The highest BCUT2D eigenvalue weighted by Crippen LogP contribution is 2.23. The first-order valence-electron chi connectivity index (χ1n) is 7.91. The van der Waals surface area contributed by atoms with E-state index in [9.17, 15) is 9.59 Å². The Labute approximate surface area is 159 Å². The van der Waals surface area contributed by atoms with Gasteiger partial charge in [0, 0.05) is 22.3 Å². The first-order valence-corrected chi connectivity index (χ1v) is 9.17. The van der Waals surface area contributed by atoms with Crippen molar-refractivity contribution in [1.29, 1.82) is 0 Å². The summed E-state index contributed by atoms with van der Waals surface area (Å²) in [6, 6.07) is 17.8. The van der Waals surface area contributed by atoms with E-state index in [0.717, 1.165) is 5.56 Å². The van der Waals surface area contributed by atoms with Crippen LogP contribution in [0.4, 0.5) is 5.69 Å². The molecule has 0 unspecified atom stereocenters. The van der Waals surface area contributed by atoms with E-state index >= 15 is 0 Å². The van der Waals surface area contributed by atoms with E-state index in [4.69, 9.17) is 11.6 Å². The summed E-state index contributed by atoms with van der Waals surface area (Å²) in [5.41, 5.74) is 1.77. The van der Waals surface area contributed by atoms with Gasteiger partial charge in [0.05, 0.1) is 10.9 Å². The Morgan fingerprint density at radius 1 is 1.15 bits per heavy atom. The fourth-order valence-electron chi connectivity index (χ4n) is 2.28. The van der Waals surface area contributed by atoms with Crippen molar-refractivity contribution in [1.82, 2.24) is 9.97 Å². The van der Waals surface area contributed by atoms with Crippen molar-refractivity contribution in [3.63, 3.8) is 0 Å². The third kappa shape index (κ3) is 4.74. The molecule has 2 aromatic carbocycles. The molecular weight excluding hydrogens is 370 g/mol. The van der Waals surface area contributed by atoms with Crippen LogP contribution in [0.3, 0.4) is 0 Å². The number of nitrogens with zero attached hydrogens (tertiary/aromatic N) is 1. The summed E-state index contributed by atoms with van der Waals surface area (Å²) in [7, 11) is 0. The molecule has 0 saturated heterocycles. The van der Waals surface area contributed by atoms with Gasteiger partial charge in [-0.1, -0.05) is 59.8 Å². The average Bonchev–Trinajstić information content (AvgIpc) is 2.62. The molecular formula is C19H16ClN3O2S. The van der Waals surface area contributed by atoms with Crippen LogP contribution in [0.2, 0.25) is 5.02 Å². The molecule has 1 heterocycles. The van der Waals surface area contributed by atoms with Crippen LogP contribution in [0.1, 0.15) is 6.92 Å². The van der Waals surface area contributed by atoms with Gasteiger partial charge in [-0.25, -0.2) is 4.98 Å². The molecule has 0 saturated carbocycles. The molecule has 3 rings (SSSR count). The summed E-state index contributed by atoms with van der Waals surface area (Å²) in [5, 5.41) is 3.28. The Bertz CT molecular complexity index is 976. The van der Waals surface area contributed by atoms with Crippen molar-refractivity contribution < 1.29 is 4.79 Å². The van der Waals surface area contributed by atoms with Crippen molar-refractivity contribution >= 4 is 35.0 Å². The zero-order valence-corrected chi connectivity index (χ0v) is 15.5. The molecule has 0 radical (unpaired) electrons. The van der Waals surface area contributed by atoms with E-state index in [2.05, 4.69) is 15.3 Å². The van der Waals surface area contributed by atoms with Crippen molar-refractivity contribution in [2.24, 2.45) is 0 Å². The number of carbonyl (C=O) groups is 1. The average molecular weight is 386 g/mol. The number of anilines is 1. The highest BCUT2D eigenvalue weighted by atomic mass is 35.5. The van der Waals surface area contributed by atoms with Crippen LogP contribution in [0.25, 0.3) is 11.3 Å². The minimum Gasteiger partial charge on any atom is -0.325 e. The number of carbonyl (C=O) groups excluding carboxylic acids is 1. The highest BCUT2D eigenvalue weighted by molar-refractivity contribution is 8.00. The van der Waals surface area contributed by atoms with Crippen LogP contribution in [0, 0.1) is 0 Å². The first kappa shape index (κ1) is 18.2. The normalized spacial score (nSPS) is 11.8. The molecule has 1 atom stereocenters. The molecule has 1 amide bonds. The minimum atomic E-state index is -0.455. The predicted octanol–water partition coefficient (Wildman–Crippen LogP) is 4.21. The van der Waals surface area contributed by atoms with E-state index in [1.165, 1.54) is 17.8 Å². The maximum Gasteiger partial charge on any atom is 0.252 e. The van der Waals surface area contributed by atoms with Gasteiger partial charge in [0.15, 0.2) is 5.16 Å². The Morgan fingerprint density at radius 3 is 2.65 bits per heavy atom. The number of H-pyrrole nitrogens is 1. The zero-order valence-electron chi connectivity index (χ0n) is 13.9. The molecule has 0 fully saturated rings. The Morgan fingerprint density at radius 2 is 1.92 bits per heavy atom. The van der Waals surface area contributed by atoms with Gasteiger partial charge in [-0.15, -0.1) is 0 Å². The van der Waals surface area contributed by atoms with Gasteiger partial charge in [0.1, 0.15) is 0 Å². The van der Waals surface area contributed by atoms with E-state index in [0.29, 0.717) is 21.6 Å².